The number of nitrogens with one attached hydrogen (secondary N) is 1. The molecule has 110 valence electrons. The number of hydrogen-bond donors (Lipinski definition) is 1. The van der Waals surface area contributed by atoms with Gasteiger partial charge < -0.3 is 5.32 Å². The number of carbonyl (C=O) groups excluding carboxylic acids is 1. The number of unbranched alkanes of at least 4 members (excludes halogenated alkanes) is 1. The Kier molecular flexibility index (Phi) is 6.17. The number of hydrogen-bond acceptors (Lipinski definition) is 2. The first-order chi connectivity index (χ1) is 10.3. The van der Waals surface area contributed by atoms with E-state index in [-0.39, 0.29) is 11.8 Å². The van der Waals surface area contributed by atoms with Gasteiger partial charge in [0, 0.05) is 6.42 Å². The Bertz CT molecular complexity index is 536. The number of ketones is 1. The highest BCUT2D eigenvalue weighted by molar-refractivity contribution is 5.87. The molecule has 2 rings (SSSR count). The van der Waals surface area contributed by atoms with Crippen molar-refractivity contribution < 1.29 is 4.79 Å². The van der Waals surface area contributed by atoms with Crippen molar-refractivity contribution in [3.63, 3.8) is 0 Å². The normalized spacial score (nSPS) is 12.0. The van der Waals surface area contributed by atoms with Gasteiger partial charge in [-0.3, -0.25) is 4.79 Å². The van der Waals surface area contributed by atoms with E-state index in [9.17, 15) is 4.79 Å². The van der Waals surface area contributed by atoms with Crippen molar-refractivity contribution in [1.29, 1.82) is 0 Å². The Morgan fingerprint density at radius 2 is 1.62 bits per heavy atom. The molecule has 2 heteroatoms. The summed E-state index contributed by atoms with van der Waals surface area (Å²) in [5.74, 6) is 0.225. The summed E-state index contributed by atoms with van der Waals surface area (Å²) in [6.45, 7) is 3.03. The minimum atomic E-state index is -0.210. The molecule has 1 unspecified atom stereocenters. The molecule has 0 aliphatic carbocycles. The predicted molar refractivity (Wildman–Crippen MR) is 87.2 cm³/mol. The minimum absolute atomic E-state index is 0.210. The smallest absolute Gasteiger partial charge is 0.158 e. The van der Waals surface area contributed by atoms with Gasteiger partial charge in [0.25, 0.3) is 0 Å². The number of carbonyl (C=O) groups is 1. The van der Waals surface area contributed by atoms with Crippen molar-refractivity contribution in [2.45, 2.75) is 32.2 Å². The third kappa shape index (κ3) is 4.83. The molecule has 0 aliphatic heterocycles. The van der Waals surface area contributed by atoms with Crippen LogP contribution < -0.4 is 5.32 Å². The molecule has 0 aliphatic rings. The Morgan fingerprint density at radius 1 is 1.00 bits per heavy atom. The van der Waals surface area contributed by atoms with E-state index in [2.05, 4.69) is 12.2 Å². The third-order valence-corrected chi connectivity index (χ3v) is 3.55. The first kappa shape index (κ1) is 15.5. The van der Waals surface area contributed by atoms with Gasteiger partial charge in [0.2, 0.25) is 0 Å². The Morgan fingerprint density at radius 3 is 2.24 bits per heavy atom. The van der Waals surface area contributed by atoms with Gasteiger partial charge in [-0.05, 0) is 24.1 Å². The topological polar surface area (TPSA) is 29.1 Å². The van der Waals surface area contributed by atoms with E-state index in [1.165, 1.54) is 0 Å². The van der Waals surface area contributed by atoms with Gasteiger partial charge in [0.15, 0.2) is 5.78 Å². The van der Waals surface area contributed by atoms with E-state index < -0.39 is 0 Å². The number of Topliss-reactive ketones (excluding diaryl/α,β-unsaturated/α-hetero) is 1. The summed E-state index contributed by atoms with van der Waals surface area (Å²) < 4.78 is 0. The Balaban J connectivity index is 2.09. The molecule has 0 saturated heterocycles. The van der Waals surface area contributed by atoms with Crippen molar-refractivity contribution in [1.82, 2.24) is 5.32 Å². The molecule has 0 radical (unpaired) electrons. The minimum Gasteiger partial charge on any atom is -0.304 e. The van der Waals surface area contributed by atoms with Crippen LogP contribution in [0.4, 0.5) is 0 Å². The summed E-state index contributed by atoms with van der Waals surface area (Å²) in [7, 11) is 0. The van der Waals surface area contributed by atoms with Gasteiger partial charge >= 0.3 is 0 Å². The SMILES string of the molecule is CCCCNC(C(=O)Cc1ccccc1)c1ccccc1. The molecular weight excluding hydrogens is 258 g/mol. The summed E-state index contributed by atoms with van der Waals surface area (Å²) in [5, 5.41) is 3.41. The summed E-state index contributed by atoms with van der Waals surface area (Å²) in [4.78, 5) is 12.6. The third-order valence-electron chi connectivity index (χ3n) is 3.55. The van der Waals surface area contributed by atoms with Gasteiger partial charge in [-0.2, -0.15) is 0 Å². The van der Waals surface area contributed by atoms with Crippen LogP contribution >= 0.6 is 0 Å². The lowest BCUT2D eigenvalue weighted by molar-refractivity contribution is -0.120. The van der Waals surface area contributed by atoms with E-state index in [1.54, 1.807) is 0 Å². The maximum atomic E-state index is 12.6. The van der Waals surface area contributed by atoms with Gasteiger partial charge in [-0.1, -0.05) is 74.0 Å². The maximum Gasteiger partial charge on any atom is 0.158 e. The molecule has 0 fully saturated rings. The molecule has 0 spiro atoms. The van der Waals surface area contributed by atoms with Crippen LogP contribution in [-0.2, 0) is 11.2 Å². The van der Waals surface area contributed by atoms with Crippen LogP contribution in [-0.4, -0.2) is 12.3 Å². The second-order valence-corrected chi connectivity index (χ2v) is 5.28. The van der Waals surface area contributed by atoms with Crippen LogP contribution in [0.25, 0.3) is 0 Å². The first-order valence-electron chi connectivity index (χ1n) is 7.66. The zero-order chi connectivity index (χ0) is 14.9. The number of rotatable bonds is 8. The molecule has 0 amide bonds. The van der Waals surface area contributed by atoms with Gasteiger partial charge in [-0.25, -0.2) is 0 Å². The van der Waals surface area contributed by atoms with Crippen molar-refractivity contribution in [3.8, 4) is 0 Å². The highest BCUT2D eigenvalue weighted by Crippen LogP contribution is 2.16. The van der Waals surface area contributed by atoms with E-state index in [0.717, 1.165) is 30.5 Å². The Hall–Kier alpha value is -1.93. The van der Waals surface area contributed by atoms with Gasteiger partial charge in [0.1, 0.15) is 0 Å². The lowest BCUT2D eigenvalue weighted by Crippen LogP contribution is -2.30. The van der Waals surface area contributed by atoms with Crippen LogP contribution in [0.2, 0.25) is 0 Å². The fourth-order valence-electron chi connectivity index (χ4n) is 2.39. The molecule has 2 aromatic rings. The van der Waals surface area contributed by atoms with Gasteiger partial charge in [-0.15, -0.1) is 0 Å². The molecule has 0 aromatic heterocycles. The average molecular weight is 281 g/mol. The van der Waals surface area contributed by atoms with E-state index in [0.29, 0.717) is 6.42 Å². The number of benzene rings is 2. The Labute approximate surface area is 127 Å². The zero-order valence-corrected chi connectivity index (χ0v) is 12.6. The van der Waals surface area contributed by atoms with Crippen molar-refractivity contribution in [2.24, 2.45) is 0 Å². The van der Waals surface area contributed by atoms with Crippen LogP contribution in [0.15, 0.2) is 60.7 Å². The monoisotopic (exact) mass is 281 g/mol. The molecule has 1 N–H and O–H groups in total. The van der Waals surface area contributed by atoms with Crippen LogP contribution in [0, 0.1) is 0 Å². The maximum absolute atomic E-state index is 12.6. The van der Waals surface area contributed by atoms with Gasteiger partial charge in [0.05, 0.1) is 6.04 Å². The van der Waals surface area contributed by atoms with Crippen LogP contribution in [0.1, 0.15) is 36.9 Å². The van der Waals surface area contributed by atoms with E-state index in [4.69, 9.17) is 0 Å². The standard InChI is InChI=1S/C19H23NO/c1-2-3-14-20-19(17-12-8-5-9-13-17)18(21)15-16-10-6-4-7-11-16/h4-13,19-20H,2-3,14-15H2,1H3. The molecule has 0 bridgehead atoms. The zero-order valence-electron chi connectivity index (χ0n) is 12.6. The molecule has 2 nitrogen and oxygen atoms in total. The lowest BCUT2D eigenvalue weighted by Gasteiger charge is -2.18. The second kappa shape index (κ2) is 8.38. The summed E-state index contributed by atoms with van der Waals surface area (Å²) in [5.41, 5.74) is 2.12. The average Bonchev–Trinajstić information content (AvgIpc) is 2.53. The lowest BCUT2D eigenvalue weighted by atomic mass is 9.97. The largest absolute Gasteiger partial charge is 0.304 e. The predicted octanol–water partition coefficient (Wildman–Crippen LogP) is 3.93. The van der Waals surface area contributed by atoms with Crippen LogP contribution in [0.5, 0.6) is 0 Å². The molecule has 2 aromatic carbocycles. The molecule has 21 heavy (non-hydrogen) atoms. The highest BCUT2D eigenvalue weighted by Gasteiger charge is 2.19. The molecule has 0 saturated carbocycles. The molecular formula is C19H23NO. The quantitative estimate of drug-likeness (QED) is 0.743. The van der Waals surface area contributed by atoms with Crippen molar-refractivity contribution >= 4 is 5.78 Å². The van der Waals surface area contributed by atoms with E-state index >= 15 is 0 Å². The molecule has 1 atom stereocenters. The fraction of sp³-hybridized carbons (Fsp3) is 0.316. The fourth-order valence-corrected chi connectivity index (χ4v) is 2.39. The van der Waals surface area contributed by atoms with Crippen molar-refractivity contribution in [2.75, 3.05) is 6.54 Å². The second-order valence-electron chi connectivity index (χ2n) is 5.28. The summed E-state index contributed by atoms with van der Waals surface area (Å²) >= 11 is 0. The van der Waals surface area contributed by atoms with Crippen molar-refractivity contribution in [3.05, 3.63) is 71.8 Å². The highest BCUT2D eigenvalue weighted by atomic mass is 16.1. The summed E-state index contributed by atoms with van der Waals surface area (Å²) in [6, 6.07) is 19.7. The first-order valence-corrected chi connectivity index (χ1v) is 7.66. The molecule has 0 heterocycles. The van der Waals surface area contributed by atoms with Crippen LogP contribution in [0.3, 0.4) is 0 Å². The summed E-state index contributed by atoms with van der Waals surface area (Å²) in [6.07, 6.45) is 2.68. The van der Waals surface area contributed by atoms with E-state index in [1.807, 2.05) is 60.7 Å².